The van der Waals surface area contributed by atoms with Crippen LogP contribution >= 0.6 is 0 Å². The van der Waals surface area contributed by atoms with Gasteiger partial charge in [-0.3, -0.25) is 4.57 Å². The van der Waals surface area contributed by atoms with Crippen LogP contribution in [0.3, 0.4) is 0 Å². The smallest absolute Gasteiger partial charge is 0.238 e. The molecule has 0 saturated heterocycles. The molecule has 0 radical (unpaired) electrons. The number of fused-ring (bicyclic) bond motifs is 10. The van der Waals surface area contributed by atoms with Crippen molar-refractivity contribution < 1.29 is 0 Å². The van der Waals surface area contributed by atoms with Gasteiger partial charge >= 0.3 is 0 Å². The van der Waals surface area contributed by atoms with Gasteiger partial charge in [-0.2, -0.15) is 9.97 Å². The third-order valence-corrected chi connectivity index (χ3v) is 9.63. The Hall–Kier alpha value is -6.65. The van der Waals surface area contributed by atoms with Crippen LogP contribution in [-0.2, 0) is 0 Å². The molecule has 2 aromatic heterocycles. The van der Waals surface area contributed by atoms with E-state index >= 15 is 0 Å². The van der Waals surface area contributed by atoms with Gasteiger partial charge in [0.05, 0.1) is 11.0 Å². The highest BCUT2D eigenvalue weighted by atomic mass is 15.2. The van der Waals surface area contributed by atoms with E-state index in [1.165, 1.54) is 37.9 Å². The topological polar surface area (TPSA) is 43.6 Å². The molecule has 10 aromatic rings. The van der Waals surface area contributed by atoms with E-state index in [2.05, 4.69) is 150 Å². The fourth-order valence-electron chi connectivity index (χ4n) is 7.39. The maximum Gasteiger partial charge on any atom is 0.238 e. The number of hydrogen-bond donors (Lipinski definition) is 0. The maximum absolute atomic E-state index is 5.31. The minimum Gasteiger partial charge on any atom is -0.277 e. The van der Waals surface area contributed by atoms with Gasteiger partial charge in [0.2, 0.25) is 5.95 Å². The summed E-state index contributed by atoms with van der Waals surface area (Å²) in [5.74, 6) is 1.85. The molecule has 10 rings (SSSR count). The highest BCUT2D eigenvalue weighted by Gasteiger charge is 2.23. The zero-order chi connectivity index (χ0) is 32.3. The third-order valence-electron chi connectivity index (χ3n) is 9.63. The molecular weight excluding hydrogens is 597 g/mol. The summed E-state index contributed by atoms with van der Waals surface area (Å²) in [4.78, 5) is 15.7. The van der Waals surface area contributed by atoms with E-state index in [1.807, 2.05) is 24.3 Å². The van der Waals surface area contributed by atoms with Crippen LogP contribution in [0.25, 0.3) is 94.0 Å². The van der Waals surface area contributed by atoms with Crippen LogP contribution in [0.4, 0.5) is 0 Å². The van der Waals surface area contributed by atoms with Crippen LogP contribution < -0.4 is 0 Å². The first-order valence-corrected chi connectivity index (χ1v) is 16.5. The van der Waals surface area contributed by atoms with Crippen LogP contribution in [0, 0.1) is 0 Å². The number of benzene rings is 8. The van der Waals surface area contributed by atoms with Crippen molar-refractivity contribution in [1.82, 2.24) is 19.5 Å². The van der Waals surface area contributed by atoms with Gasteiger partial charge in [-0.1, -0.05) is 170 Å². The molecule has 0 aliphatic rings. The van der Waals surface area contributed by atoms with Gasteiger partial charge < -0.3 is 0 Å². The monoisotopic (exact) mass is 624 g/mol. The van der Waals surface area contributed by atoms with Gasteiger partial charge in [-0.25, -0.2) is 4.98 Å². The molecule has 0 N–H and O–H groups in total. The average molecular weight is 625 g/mol. The lowest BCUT2D eigenvalue weighted by atomic mass is 9.96. The van der Waals surface area contributed by atoms with Gasteiger partial charge in [-0.15, -0.1) is 0 Å². The molecular formula is C45H28N4. The zero-order valence-corrected chi connectivity index (χ0v) is 26.5. The molecule has 0 aliphatic heterocycles. The zero-order valence-electron chi connectivity index (χ0n) is 26.5. The fourth-order valence-corrected chi connectivity index (χ4v) is 7.39. The molecule has 0 atom stereocenters. The second-order valence-electron chi connectivity index (χ2n) is 12.4. The summed E-state index contributed by atoms with van der Waals surface area (Å²) in [5.41, 5.74) is 6.37. The van der Waals surface area contributed by atoms with E-state index in [4.69, 9.17) is 15.0 Å². The van der Waals surface area contributed by atoms with Crippen molar-refractivity contribution in [2.45, 2.75) is 0 Å². The van der Waals surface area contributed by atoms with E-state index in [0.717, 1.165) is 38.5 Å². The third kappa shape index (κ3) is 4.35. The molecule has 228 valence electrons. The molecule has 4 nitrogen and oxygen atoms in total. The van der Waals surface area contributed by atoms with Crippen LogP contribution in [0.2, 0.25) is 0 Å². The summed E-state index contributed by atoms with van der Waals surface area (Å²) < 4.78 is 2.29. The van der Waals surface area contributed by atoms with Gasteiger partial charge in [0.1, 0.15) is 0 Å². The van der Waals surface area contributed by atoms with Crippen molar-refractivity contribution in [2.24, 2.45) is 0 Å². The highest BCUT2D eigenvalue weighted by molar-refractivity contribution is 6.34. The Morgan fingerprint density at radius 2 is 0.796 bits per heavy atom. The second kappa shape index (κ2) is 11.0. The van der Waals surface area contributed by atoms with E-state index in [-0.39, 0.29) is 0 Å². The lowest BCUT2D eigenvalue weighted by Crippen LogP contribution is -2.07. The van der Waals surface area contributed by atoms with E-state index in [9.17, 15) is 0 Å². The molecule has 0 fully saturated rings. The minimum atomic E-state index is 0.591. The van der Waals surface area contributed by atoms with E-state index < -0.39 is 0 Å². The molecule has 0 unspecified atom stereocenters. The largest absolute Gasteiger partial charge is 0.277 e. The van der Waals surface area contributed by atoms with Crippen molar-refractivity contribution in [2.75, 3.05) is 0 Å². The highest BCUT2D eigenvalue weighted by Crippen LogP contribution is 2.44. The standard InChI is InChI=1S/C45H28N4/c1-3-13-29(14-4-1)30-23-25-33(26-24-30)44-46-43(32-16-5-2-6-17-32)47-45(48-44)49-41-34-18-8-7-15-31(34)27-28-39(41)40-37-21-11-9-19-35(37)36-20-10-12-22-38(36)42(40)49/h1-28H. The molecule has 0 amide bonds. The summed E-state index contributed by atoms with van der Waals surface area (Å²) in [5, 5.41) is 9.50. The summed E-state index contributed by atoms with van der Waals surface area (Å²) >= 11 is 0. The predicted molar refractivity (Wildman–Crippen MR) is 203 cm³/mol. The Morgan fingerprint density at radius 1 is 0.306 bits per heavy atom. The number of aromatic nitrogens is 4. The first-order valence-electron chi connectivity index (χ1n) is 16.5. The molecule has 0 saturated carbocycles. The Morgan fingerprint density at radius 3 is 1.49 bits per heavy atom. The van der Waals surface area contributed by atoms with E-state index in [0.29, 0.717) is 17.6 Å². The fraction of sp³-hybridized carbons (Fsp3) is 0. The van der Waals surface area contributed by atoms with Crippen molar-refractivity contribution in [3.63, 3.8) is 0 Å². The van der Waals surface area contributed by atoms with Gasteiger partial charge in [0.25, 0.3) is 0 Å². The average Bonchev–Trinajstić information content (AvgIpc) is 3.55. The van der Waals surface area contributed by atoms with Crippen molar-refractivity contribution in [1.29, 1.82) is 0 Å². The van der Waals surface area contributed by atoms with Gasteiger partial charge in [0.15, 0.2) is 11.6 Å². The molecule has 4 heteroatoms. The molecule has 0 bridgehead atoms. The van der Waals surface area contributed by atoms with Crippen molar-refractivity contribution in [3.05, 3.63) is 170 Å². The van der Waals surface area contributed by atoms with Crippen LogP contribution in [-0.4, -0.2) is 19.5 Å². The number of hydrogen-bond acceptors (Lipinski definition) is 3. The summed E-state index contributed by atoms with van der Waals surface area (Å²) in [6.45, 7) is 0. The van der Waals surface area contributed by atoms with E-state index in [1.54, 1.807) is 0 Å². The van der Waals surface area contributed by atoms with Crippen molar-refractivity contribution in [3.8, 4) is 39.9 Å². The molecule has 0 spiro atoms. The van der Waals surface area contributed by atoms with Gasteiger partial charge in [-0.05, 0) is 32.7 Å². The lowest BCUT2D eigenvalue weighted by Gasteiger charge is -2.14. The van der Waals surface area contributed by atoms with Crippen LogP contribution in [0.15, 0.2) is 170 Å². The Labute approximate surface area is 282 Å². The Bertz CT molecular complexity index is 2860. The molecule has 8 aromatic carbocycles. The van der Waals surface area contributed by atoms with Crippen LogP contribution in [0.5, 0.6) is 0 Å². The predicted octanol–water partition coefficient (Wildman–Crippen LogP) is 11.4. The number of rotatable bonds is 4. The maximum atomic E-state index is 5.31. The lowest BCUT2D eigenvalue weighted by molar-refractivity contribution is 0.957. The quantitative estimate of drug-likeness (QED) is 0.183. The summed E-state index contributed by atoms with van der Waals surface area (Å²) in [6, 6.07) is 59.7. The first kappa shape index (κ1) is 27.5. The SMILES string of the molecule is c1ccc(-c2ccc(-c3nc(-c4ccccc4)nc(-n4c5c6ccccc6ccc5c5c6ccccc6c6ccccc6c54)n3)cc2)cc1. The summed E-state index contributed by atoms with van der Waals surface area (Å²) in [6.07, 6.45) is 0. The minimum absolute atomic E-state index is 0.591. The molecule has 0 aliphatic carbocycles. The van der Waals surface area contributed by atoms with Gasteiger partial charge in [0, 0.05) is 32.7 Å². The normalized spacial score (nSPS) is 11.7. The molecule has 2 heterocycles. The Balaban J connectivity index is 1.34. The number of nitrogens with zero attached hydrogens (tertiary/aromatic N) is 4. The Kier molecular flexibility index (Phi) is 6.15. The second-order valence-corrected chi connectivity index (χ2v) is 12.4. The van der Waals surface area contributed by atoms with Crippen LogP contribution in [0.1, 0.15) is 0 Å². The molecule has 49 heavy (non-hydrogen) atoms. The summed E-state index contributed by atoms with van der Waals surface area (Å²) in [7, 11) is 0. The first-order chi connectivity index (χ1) is 24.3. The van der Waals surface area contributed by atoms with Crippen molar-refractivity contribution >= 4 is 54.1 Å².